The minimum Gasteiger partial charge on any atom is -0.381 e. The lowest BCUT2D eigenvalue weighted by Crippen LogP contribution is -2.29. The van der Waals surface area contributed by atoms with Crippen LogP contribution in [0.4, 0.5) is 13.2 Å². The average Bonchev–Trinajstić information content (AvgIpc) is 3.14. The summed E-state index contributed by atoms with van der Waals surface area (Å²) in [5.41, 5.74) is 0.197. The molecule has 21 heavy (non-hydrogen) atoms. The normalized spacial score (nSPS) is 24.2. The van der Waals surface area contributed by atoms with Gasteiger partial charge in [0.15, 0.2) is 0 Å². The number of hydrogen-bond acceptors (Lipinski definition) is 2. The van der Waals surface area contributed by atoms with Crippen molar-refractivity contribution in [1.29, 1.82) is 0 Å². The van der Waals surface area contributed by atoms with E-state index in [2.05, 4.69) is 5.32 Å². The molecule has 2 atom stereocenters. The number of alkyl halides is 3. The van der Waals surface area contributed by atoms with Gasteiger partial charge in [0, 0.05) is 19.2 Å². The standard InChI is InChI=1S/C16H20F3NO/c17-16(18,19)14-3-1-2-13(8-14)15(12-4-5-12)20-9-11-6-7-21-10-11/h1-3,8,11-12,15,20H,4-7,9-10H2/t11-,15-/m0/s1. The minimum atomic E-state index is -4.27. The van der Waals surface area contributed by atoms with Crippen molar-refractivity contribution in [1.82, 2.24) is 5.32 Å². The van der Waals surface area contributed by atoms with E-state index >= 15 is 0 Å². The Labute approximate surface area is 122 Å². The van der Waals surface area contributed by atoms with E-state index in [9.17, 15) is 13.2 Å². The highest BCUT2D eigenvalue weighted by molar-refractivity contribution is 5.29. The second-order valence-corrected chi connectivity index (χ2v) is 6.08. The molecule has 1 saturated carbocycles. The van der Waals surface area contributed by atoms with Crippen LogP contribution in [0, 0.1) is 11.8 Å². The van der Waals surface area contributed by atoms with Crippen LogP contribution >= 0.6 is 0 Å². The molecular weight excluding hydrogens is 279 g/mol. The Balaban J connectivity index is 1.71. The Bertz CT molecular complexity index is 479. The quantitative estimate of drug-likeness (QED) is 0.893. The van der Waals surface area contributed by atoms with E-state index in [1.165, 1.54) is 12.1 Å². The highest BCUT2D eigenvalue weighted by atomic mass is 19.4. The lowest BCUT2D eigenvalue weighted by atomic mass is 9.99. The van der Waals surface area contributed by atoms with Gasteiger partial charge in [-0.25, -0.2) is 0 Å². The molecule has 0 aromatic heterocycles. The maximum Gasteiger partial charge on any atom is 0.416 e. The van der Waals surface area contributed by atoms with Gasteiger partial charge in [0.05, 0.1) is 12.2 Å². The minimum absolute atomic E-state index is 0.0351. The fourth-order valence-electron chi connectivity index (χ4n) is 2.93. The third-order valence-corrected chi connectivity index (χ3v) is 4.32. The van der Waals surface area contributed by atoms with Crippen molar-refractivity contribution in [2.75, 3.05) is 19.8 Å². The van der Waals surface area contributed by atoms with Gasteiger partial charge in [-0.05, 0) is 48.8 Å². The lowest BCUT2D eigenvalue weighted by molar-refractivity contribution is -0.137. The number of nitrogens with one attached hydrogen (secondary N) is 1. The Morgan fingerprint density at radius 2 is 2.05 bits per heavy atom. The van der Waals surface area contributed by atoms with Crippen LogP contribution in [0.5, 0.6) is 0 Å². The Morgan fingerprint density at radius 3 is 2.67 bits per heavy atom. The van der Waals surface area contributed by atoms with Crippen molar-refractivity contribution >= 4 is 0 Å². The summed E-state index contributed by atoms with van der Waals surface area (Å²) in [6.45, 7) is 2.37. The van der Waals surface area contributed by atoms with Crippen LogP contribution in [0.2, 0.25) is 0 Å². The molecule has 116 valence electrons. The van der Waals surface area contributed by atoms with Gasteiger partial charge in [-0.3, -0.25) is 0 Å². The predicted molar refractivity (Wildman–Crippen MR) is 73.8 cm³/mol. The third-order valence-electron chi connectivity index (χ3n) is 4.32. The second kappa shape index (κ2) is 5.97. The predicted octanol–water partition coefficient (Wildman–Crippen LogP) is 3.78. The molecular formula is C16H20F3NO. The number of halogens is 3. The smallest absolute Gasteiger partial charge is 0.381 e. The SMILES string of the molecule is FC(F)(F)c1cccc([C@@H](NC[C@@H]2CCOC2)C2CC2)c1. The van der Waals surface area contributed by atoms with Crippen LogP contribution in [-0.2, 0) is 10.9 Å². The monoisotopic (exact) mass is 299 g/mol. The van der Waals surface area contributed by atoms with Crippen LogP contribution in [0.15, 0.2) is 24.3 Å². The number of hydrogen-bond donors (Lipinski definition) is 1. The molecule has 1 aromatic carbocycles. The molecule has 0 spiro atoms. The van der Waals surface area contributed by atoms with Crippen LogP contribution in [-0.4, -0.2) is 19.8 Å². The van der Waals surface area contributed by atoms with Crippen molar-refractivity contribution in [2.24, 2.45) is 11.8 Å². The van der Waals surface area contributed by atoms with Crippen LogP contribution in [0.3, 0.4) is 0 Å². The molecule has 2 aliphatic rings. The molecule has 1 aliphatic heterocycles. The Kier molecular flexibility index (Phi) is 4.22. The van der Waals surface area contributed by atoms with E-state index in [0.29, 0.717) is 11.8 Å². The summed E-state index contributed by atoms with van der Waals surface area (Å²) in [5.74, 6) is 0.952. The summed E-state index contributed by atoms with van der Waals surface area (Å²) >= 11 is 0. The molecule has 1 heterocycles. The van der Waals surface area contributed by atoms with Gasteiger partial charge in [0.2, 0.25) is 0 Å². The summed E-state index contributed by atoms with van der Waals surface area (Å²) in [5, 5.41) is 3.47. The molecule has 5 heteroatoms. The first-order valence-corrected chi connectivity index (χ1v) is 7.52. The fraction of sp³-hybridized carbons (Fsp3) is 0.625. The number of ether oxygens (including phenoxy) is 1. The fourth-order valence-corrected chi connectivity index (χ4v) is 2.93. The van der Waals surface area contributed by atoms with Gasteiger partial charge in [-0.1, -0.05) is 12.1 Å². The number of rotatable bonds is 5. The Hall–Kier alpha value is -1.07. The van der Waals surface area contributed by atoms with Gasteiger partial charge >= 0.3 is 6.18 Å². The first-order chi connectivity index (χ1) is 10.0. The molecule has 2 nitrogen and oxygen atoms in total. The number of benzene rings is 1. The molecule has 1 N–H and O–H groups in total. The molecule has 1 saturated heterocycles. The molecule has 0 amide bonds. The largest absolute Gasteiger partial charge is 0.416 e. The van der Waals surface area contributed by atoms with Crippen LogP contribution in [0.1, 0.15) is 36.4 Å². The molecule has 0 unspecified atom stereocenters. The van der Waals surface area contributed by atoms with E-state index in [0.717, 1.165) is 50.7 Å². The van der Waals surface area contributed by atoms with Crippen LogP contribution in [0.25, 0.3) is 0 Å². The van der Waals surface area contributed by atoms with Gasteiger partial charge in [-0.2, -0.15) is 13.2 Å². The molecule has 0 bridgehead atoms. The van der Waals surface area contributed by atoms with E-state index < -0.39 is 11.7 Å². The lowest BCUT2D eigenvalue weighted by Gasteiger charge is -2.21. The van der Waals surface area contributed by atoms with Gasteiger partial charge < -0.3 is 10.1 Å². The summed E-state index contributed by atoms with van der Waals surface area (Å²) in [7, 11) is 0. The van der Waals surface area contributed by atoms with Crippen molar-refractivity contribution in [3.63, 3.8) is 0 Å². The maximum absolute atomic E-state index is 12.8. The molecule has 3 rings (SSSR count). The van der Waals surface area contributed by atoms with E-state index in [1.54, 1.807) is 6.07 Å². The van der Waals surface area contributed by atoms with Crippen LogP contribution < -0.4 is 5.32 Å². The summed E-state index contributed by atoms with van der Waals surface area (Å²) in [6.07, 6.45) is -1.06. The molecule has 2 fully saturated rings. The van der Waals surface area contributed by atoms with Gasteiger partial charge in [0.1, 0.15) is 0 Å². The van der Waals surface area contributed by atoms with Crippen molar-refractivity contribution in [3.8, 4) is 0 Å². The van der Waals surface area contributed by atoms with Crippen molar-refractivity contribution in [2.45, 2.75) is 31.5 Å². The molecule has 1 aliphatic carbocycles. The first kappa shape index (κ1) is 14.9. The summed E-state index contributed by atoms with van der Waals surface area (Å²) in [6, 6.07) is 5.77. The zero-order valence-electron chi connectivity index (χ0n) is 11.8. The zero-order chi connectivity index (χ0) is 14.9. The summed E-state index contributed by atoms with van der Waals surface area (Å²) < 4.78 is 43.9. The van der Waals surface area contributed by atoms with E-state index in [1.807, 2.05) is 0 Å². The summed E-state index contributed by atoms with van der Waals surface area (Å²) in [4.78, 5) is 0. The molecule has 0 radical (unpaired) electrons. The highest BCUT2D eigenvalue weighted by Gasteiger charge is 2.35. The molecule has 1 aromatic rings. The topological polar surface area (TPSA) is 21.3 Å². The second-order valence-electron chi connectivity index (χ2n) is 6.08. The van der Waals surface area contributed by atoms with Gasteiger partial charge in [-0.15, -0.1) is 0 Å². The van der Waals surface area contributed by atoms with Crippen molar-refractivity contribution < 1.29 is 17.9 Å². The van der Waals surface area contributed by atoms with Crippen molar-refractivity contribution in [3.05, 3.63) is 35.4 Å². The Morgan fingerprint density at radius 1 is 1.24 bits per heavy atom. The van der Waals surface area contributed by atoms with Gasteiger partial charge in [0.25, 0.3) is 0 Å². The average molecular weight is 299 g/mol. The highest BCUT2D eigenvalue weighted by Crippen LogP contribution is 2.42. The zero-order valence-corrected chi connectivity index (χ0v) is 11.8. The van der Waals surface area contributed by atoms with E-state index in [-0.39, 0.29) is 6.04 Å². The maximum atomic E-state index is 12.8. The van der Waals surface area contributed by atoms with E-state index in [4.69, 9.17) is 4.74 Å². The first-order valence-electron chi connectivity index (χ1n) is 7.52. The third kappa shape index (κ3) is 3.77.